The highest BCUT2D eigenvalue weighted by atomic mass is 19.1. The summed E-state index contributed by atoms with van der Waals surface area (Å²) in [4.78, 5) is 4.00. The van der Waals surface area contributed by atoms with Gasteiger partial charge in [0.05, 0.1) is 17.7 Å². The molecule has 144 valence electrons. The molecule has 0 spiro atoms. The van der Waals surface area contributed by atoms with Gasteiger partial charge in [-0.15, -0.1) is 10.2 Å². The highest BCUT2D eigenvalue weighted by Gasteiger charge is 2.45. The highest BCUT2D eigenvalue weighted by molar-refractivity contribution is 5.68. The topological polar surface area (TPSA) is 85.1 Å². The number of rotatable bonds is 4. The van der Waals surface area contributed by atoms with E-state index in [1.54, 1.807) is 47.6 Å². The number of halogens is 1. The Morgan fingerprint density at radius 1 is 1.18 bits per heavy atom. The Balaban J connectivity index is 1.34. The minimum atomic E-state index is -1.03. The van der Waals surface area contributed by atoms with Crippen molar-refractivity contribution in [3.8, 4) is 28.6 Å². The Kier molecular flexibility index (Phi) is 4.20. The highest BCUT2D eigenvalue weighted by Crippen LogP contribution is 2.35. The first-order valence-corrected chi connectivity index (χ1v) is 9.38. The van der Waals surface area contributed by atoms with Gasteiger partial charge in [0.15, 0.2) is 6.17 Å². The molecule has 1 saturated carbocycles. The van der Waals surface area contributed by atoms with Crippen LogP contribution in [0.15, 0.2) is 49.1 Å². The molecule has 2 aromatic heterocycles. The molecule has 2 saturated heterocycles. The minimum absolute atomic E-state index is 0.0913. The number of piperidine rings is 2. The van der Waals surface area contributed by atoms with Gasteiger partial charge in [0, 0.05) is 48.6 Å². The Labute approximate surface area is 161 Å². The lowest BCUT2D eigenvalue weighted by Crippen LogP contribution is -2.61. The fraction of sp³-hybridized carbons (Fsp3) is 0.350. The van der Waals surface area contributed by atoms with Crippen LogP contribution in [0, 0.1) is 5.92 Å². The molecule has 3 fully saturated rings. The molecule has 4 atom stereocenters. The van der Waals surface area contributed by atoms with Gasteiger partial charge in [0.1, 0.15) is 11.9 Å². The van der Waals surface area contributed by atoms with Crippen LogP contribution in [0.2, 0.25) is 0 Å². The van der Waals surface area contributed by atoms with Gasteiger partial charge in [-0.05, 0) is 31.0 Å². The molecule has 0 radical (unpaired) electrons. The number of benzene rings is 1. The summed E-state index contributed by atoms with van der Waals surface area (Å²) in [5.41, 5.74) is 1.87. The molecule has 4 heterocycles. The summed E-state index contributed by atoms with van der Waals surface area (Å²) >= 11 is 0. The van der Waals surface area contributed by atoms with E-state index < -0.39 is 12.3 Å². The maximum Gasteiger partial charge on any atom is 0.233 e. The standard InChI is InChI=1S/C20H20FN5O2/c21-19-16-4-1-12(10-23-16)20(19)28-18-6-5-15(24-25-18)14-3-2-13(9-17(14)27)26-8-7-22-11-26/h2-3,5-9,11-12,16,19-20,23,27H,1,4,10H2/t12-,16-,19+,20+/m1/s1. The van der Waals surface area contributed by atoms with E-state index in [1.165, 1.54) is 0 Å². The number of hydrogen-bond donors (Lipinski definition) is 2. The van der Waals surface area contributed by atoms with E-state index in [9.17, 15) is 9.50 Å². The number of fused-ring (bicyclic) bond motifs is 3. The van der Waals surface area contributed by atoms with Gasteiger partial charge in [0.2, 0.25) is 5.88 Å². The van der Waals surface area contributed by atoms with Crippen LogP contribution in [0.1, 0.15) is 12.8 Å². The van der Waals surface area contributed by atoms with Crippen molar-refractivity contribution >= 4 is 0 Å². The maximum atomic E-state index is 14.5. The molecule has 8 heteroatoms. The van der Waals surface area contributed by atoms with E-state index in [0.717, 1.165) is 25.1 Å². The normalized spacial score (nSPS) is 26.3. The van der Waals surface area contributed by atoms with Gasteiger partial charge in [0.25, 0.3) is 0 Å². The third-order valence-electron chi connectivity index (χ3n) is 5.61. The zero-order valence-electron chi connectivity index (χ0n) is 15.1. The fourth-order valence-corrected chi connectivity index (χ4v) is 4.08. The summed E-state index contributed by atoms with van der Waals surface area (Å²) < 4.78 is 22.1. The number of alkyl halides is 1. The third kappa shape index (κ3) is 2.99. The Hall–Kier alpha value is -3.00. The quantitative estimate of drug-likeness (QED) is 0.722. The zero-order chi connectivity index (χ0) is 19.1. The van der Waals surface area contributed by atoms with Gasteiger partial charge < -0.3 is 19.7 Å². The van der Waals surface area contributed by atoms with Crippen molar-refractivity contribution in [3.05, 3.63) is 49.1 Å². The molecule has 2 aliphatic heterocycles. The zero-order valence-corrected chi connectivity index (χ0v) is 15.1. The second-order valence-corrected chi connectivity index (χ2v) is 7.31. The molecule has 6 rings (SSSR count). The number of phenols is 1. The number of nitrogens with zero attached hydrogens (tertiary/aromatic N) is 4. The number of phenolic OH excluding ortho intramolecular Hbond substituents is 1. The molecule has 2 bridgehead atoms. The lowest BCUT2D eigenvalue weighted by molar-refractivity contribution is -0.0353. The summed E-state index contributed by atoms with van der Waals surface area (Å²) in [5, 5.41) is 21.9. The molecule has 0 unspecified atom stereocenters. The first kappa shape index (κ1) is 17.1. The van der Waals surface area contributed by atoms with Crippen molar-refractivity contribution in [3.63, 3.8) is 0 Å². The first-order chi connectivity index (χ1) is 13.7. The Morgan fingerprint density at radius 3 is 2.75 bits per heavy atom. The molecule has 0 amide bonds. The van der Waals surface area contributed by atoms with Crippen LogP contribution in [-0.4, -0.2) is 49.7 Å². The smallest absolute Gasteiger partial charge is 0.233 e. The average Bonchev–Trinajstić information content (AvgIpc) is 3.27. The van der Waals surface area contributed by atoms with E-state index in [4.69, 9.17) is 4.74 Å². The molecular formula is C20H20FN5O2. The summed E-state index contributed by atoms with van der Waals surface area (Å²) in [7, 11) is 0. The van der Waals surface area contributed by atoms with Crippen molar-refractivity contribution in [2.75, 3.05) is 6.54 Å². The lowest BCUT2D eigenvalue weighted by Gasteiger charge is -2.44. The van der Waals surface area contributed by atoms with Gasteiger partial charge in [-0.2, -0.15) is 0 Å². The Morgan fingerprint density at radius 2 is 2.11 bits per heavy atom. The van der Waals surface area contributed by atoms with Crippen LogP contribution < -0.4 is 10.1 Å². The monoisotopic (exact) mass is 381 g/mol. The molecule has 1 aromatic carbocycles. The second-order valence-electron chi connectivity index (χ2n) is 7.31. The summed E-state index contributed by atoms with van der Waals surface area (Å²) in [6.07, 6.45) is 5.43. The number of nitrogens with one attached hydrogen (secondary N) is 1. The van der Waals surface area contributed by atoms with Crippen molar-refractivity contribution in [2.45, 2.75) is 31.2 Å². The number of hydrogen-bond acceptors (Lipinski definition) is 6. The van der Waals surface area contributed by atoms with E-state index in [0.29, 0.717) is 17.1 Å². The molecule has 3 aliphatic rings. The van der Waals surface area contributed by atoms with Crippen LogP contribution in [0.4, 0.5) is 4.39 Å². The van der Waals surface area contributed by atoms with Crippen molar-refractivity contribution in [1.82, 2.24) is 25.1 Å². The van der Waals surface area contributed by atoms with Crippen LogP contribution in [0.5, 0.6) is 11.6 Å². The largest absolute Gasteiger partial charge is 0.507 e. The third-order valence-corrected chi connectivity index (χ3v) is 5.61. The maximum absolute atomic E-state index is 14.5. The van der Waals surface area contributed by atoms with E-state index in [1.807, 2.05) is 6.07 Å². The molecule has 2 N–H and O–H groups in total. The van der Waals surface area contributed by atoms with Crippen molar-refractivity contribution < 1.29 is 14.2 Å². The number of aromatic hydroxyl groups is 1. The van der Waals surface area contributed by atoms with Crippen molar-refractivity contribution in [2.24, 2.45) is 5.92 Å². The average molecular weight is 381 g/mol. The first-order valence-electron chi connectivity index (χ1n) is 9.38. The SMILES string of the molecule is Oc1cc(-n2ccnc2)ccc1-c1ccc(O[C@H]2[C@@H]3CC[C@@H](NC3)[C@@H]2F)nn1. The van der Waals surface area contributed by atoms with E-state index in [-0.39, 0.29) is 17.7 Å². The summed E-state index contributed by atoms with van der Waals surface area (Å²) in [6.45, 7) is 0.776. The molecule has 1 aliphatic carbocycles. The van der Waals surface area contributed by atoms with Gasteiger partial charge in [-0.1, -0.05) is 0 Å². The minimum Gasteiger partial charge on any atom is -0.507 e. The van der Waals surface area contributed by atoms with Crippen LogP contribution >= 0.6 is 0 Å². The molecule has 7 nitrogen and oxygen atoms in total. The second kappa shape index (κ2) is 6.87. The molecular weight excluding hydrogens is 361 g/mol. The summed E-state index contributed by atoms with van der Waals surface area (Å²) in [5.74, 6) is 0.549. The lowest BCUT2D eigenvalue weighted by atomic mass is 9.78. The van der Waals surface area contributed by atoms with Crippen LogP contribution in [-0.2, 0) is 0 Å². The van der Waals surface area contributed by atoms with Gasteiger partial charge >= 0.3 is 0 Å². The van der Waals surface area contributed by atoms with Gasteiger partial charge in [-0.25, -0.2) is 9.37 Å². The number of imidazole rings is 1. The summed E-state index contributed by atoms with van der Waals surface area (Å²) in [6, 6.07) is 8.55. The number of ether oxygens (including phenoxy) is 1. The van der Waals surface area contributed by atoms with Gasteiger partial charge in [-0.3, -0.25) is 0 Å². The van der Waals surface area contributed by atoms with Crippen molar-refractivity contribution in [1.29, 1.82) is 0 Å². The Bertz CT molecular complexity index is 953. The predicted octanol–water partition coefficient (Wildman–Crippen LogP) is 2.50. The van der Waals surface area contributed by atoms with E-state index in [2.05, 4.69) is 20.5 Å². The van der Waals surface area contributed by atoms with Crippen LogP contribution in [0.25, 0.3) is 16.9 Å². The predicted molar refractivity (Wildman–Crippen MR) is 100 cm³/mol. The molecule has 3 aromatic rings. The number of aromatic nitrogens is 4. The fourth-order valence-electron chi connectivity index (χ4n) is 4.08. The molecule has 28 heavy (non-hydrogen) atoms. The van der Waals surface area contributed by atoms with Crippen LogP contribution in [0.3, 0.4) is 0 Å². The van der Waals surface area contributed by atoms with E-state index >= 15 is 0 Å².